The fourth-order valence-corrected chi connectivity index (χ4v) is 1.86. The topological polar surface area (TPSA) is 46.6 Å². The van der Waals surface area contributed by atoms with Crippen molar-refractivity contribution in [3.8, 4) is 0 Å². The van der Waals surface area contributed by atoms with Crippen LogP contribution in [0, 0.1) is 0 Å². The van der Waals surface area contributed by atoms with E-state index in [-0.39, 0.29) is 25.0 Å². The molecule has 0 atom stereocenters. The molecule has 0 radical (unpaired) electrons. The lowest BCUT2D eigenvalue weighted by Crippen LogP contribution is -2.46. The van der Waals surface area contributed by atoms with E-state index in [2.05, 4.69) is 6.92 Å². The number of carbonyl (C=O) groups excluding carboxylic acids is 2. The van der Waals surface area contributed by atoms with E-state index in [1.54, 1.807) is 0 Å². The van der Waals surface area contributed by atoms with Crippen LogP contribution in [-0.4, -0.2) is 48.0 Å². The van der Waals surface area contributed by atoms with Gasteiger partial charge in [0, 0.05) is 6.54 Å². The first-order valence-electron chi connectivity index (χ1n) is 4.74. The Morgan fingerprint density at radius 1 is 1.36 bits per heavy atom. The second kappa shape index (κ2) is 6.03. The average molecular weight is 217 g/mol. The van der Waals surface area contributed by atoms with Gasteiger partial charge in [-0.2, -0.15) is 11.8 Å². The molecule has 1 aliphatic rings. The molecule has 1 aliphatic heterocycles. The standard InChI is InChI=1S/C9H15NO3S/c1-2-14-5-3-4-10-8(11)6-13-7-9(10)12/h2-7H2,1H3. The van der Waals surface area contributed by atoms with Crippen LogP contribution in [0.15, 0.2) is 0 Å². The molecule has 0 unspecified atom stereocenters. The van der Waals surface area contributed by atoms with Crippen molar-refractivity contribution in [2.24, 2.45) is 0 Å². The molecular formula is C9H15NO3S. The van der Waals surface area contributed by atoms with E-state index in [4.69, 9.17) is 4.74 Å². The molecule has 0 saturated carbocycles. The van der Waals surface area contributed by atoms with Gasteiger partial charge in [-0.15, -0.1) is 0 Å². The van der Waals surface area contributed by atoms with Gasteiger partial charge < -0.3 is 4.74 Å². The normalized spacial score (nSPS) is 17.6. The van der Waals surface area contributed by atoms with Gasteiger partial charge in [0.2, 0.25) is 0 Å². The van der Waals surface area contributed by atoms with Gasteiger partial charge in [0.25, 0.3) is 11.8 Å². The third-order valence-electron chi connectivity index (χ3n) is 1.93. The third-order valence-corrected chi connectivity index (χ3v) is 2.91. The van der Waals surface area contributed by atoms with Crippen LogP contribution >= 0.6 is 11.8 Å². The maximum absolute atomic E-state index is 11.2. The summed E-state index contributed by atoms with van der Waals surface area (Å²) < 4.78 is 4.81. The second-order valence-corrected chi connectivity index (χ2v) is 4.38. The number of hydrogen-bond donors (Lipinski definition) is 0. The van der Waals surface area contributed by atoms with Gasteiger partial charge in [0.05, 0.1) is 0 Å². The van der Waals surface area contributed by atoms with E-state index < -0.39 is 0 Å². The van der Waals surface area contributed by atoms with Crippen LogP contribution in [-0.2, 0) is 14.3 Å². The molecule has 0 aromatic carbocycles. The van der Waals surface area contributed by atoms with Crippen molar-refractivity contribution in [1.29, 1.82) is 0 Å². The first-order chi connectivity index (χ1) is 6.75. The Kier molecular flexibility index (Phi) is 4.97. The molecule has 0 N–H and O–H groups in total. The van der Waals surface area contributed by atoms with E-state index in [0.29, 0.717) is 6.54 Å². The Morgan fingerprint density at radius 3 is 2.57 bits per heavy atom. The number of carbonyl (C=O) groups is 2. The lowest BCUT2D eigenvalue weighted by atomic mass is 10.3. The molecule has 0 aromatic heterocycles. The highest BCUT2D eigenvalue weighted by atomic mass is 32.2. The van der Waals surface area contributed by atoms with Gasteiger partial charge in [-0.3, -0.25) is 14.5 Å². The maximum Gasteiger partial charge on any atom is 0.255 e. The molecule has 14 heavy (non-hydrogen) atoms. The summed E-state index contributed by atoms with van der Waals surface area (Å²) in [6.07, 6.45) is 0.871. The monoisotopic (exact) mass is 217 g/mol. The van der Waals surface area contributed by atoms with Crippen molar-refractivity contribution < 1.29 is 14.3 Å². The van der Waals surface area contributed by atoms with E-state index in [1.165, 1.54) is 4.90 Å². The lowest BCUT2D eigenvalue weighted by molar-refractivity contribution is -0.158. The number of morpholine rings is 1. The number of imide groups is 1. The van der Waals surface area contributed by atoms with Crippen molar-refractivity contribution >= 4 is 23.6 Å². The number of thioether (sulfide) groups is 1. The molecule has 1 fully saturated rings. The van der Waals surface area contributed by atoms with E-state index in [0.717, 1.165) is 17.9 Å². The van der Waals surface area contributed by atoms with Crippen molar-refractivity contribution in [3.05, 3.63) is 0 Å². The lowest BCUT2D eigenvalue weighted by Gasteiger charge is -2.24. The van der Waals surface area contributed by atoms with Gasteiger partial charge in [0.1, 0.15) is 13.2 Å². The van der Waals surface area contributed by atoms with E-state index >= 15 is 0 Å². The minimum atomic E-state index is -0.206. The number of ether oxygens (including phenoxy) is 1. The van der Waals surface area contributed by atoms with Crippen LogP contribution in [0.1, 0.15) is 13.3 Å². The van der Waals surface area contributed by atoms with Crippen LogP contribution in [0.5, 0.6) is 0 Å². The molecule has 0 bridgehead atoms. The minimum Gasteiger partial charge on any atom is -0.362 e. The number of hydrogen-bond acceptors (Lipinski definition) is 4. The Bertz CT molecular complexity index is 204. The zero-order chi connectivity index (χ0) is 10.4. The third kappa shape index (κ3) is 3.31. The summed E-state index contributed by atoms with van der Waals surface area (Å²) in [5.74, 6) is 1.66. The molecule has 80 valence electrons. The first kappa shape index (κ1) is 11.5. The fraction of sp³-hybridized carbons (Fsp3) is 0.778. The highest BCUT2D eigenvalue weighted by molar-refractivity contribution is 7.99. The molecule has 0 aromatic rings. The molecule has 4 nitrogen and oxygen atoms in total. The van der Waals surface area contributed by atoms with Gasteiger partial charge in [0.15, 0.2) is 0 Å². The second-order valence-electron chi connectivity index (χ2n) is 2.98. The fourth-order valence-electron chi connectivity index (χ4n) is 1.24. The zero-order valence-corrected chi connectivity index (χ0v) is 9.14. The van der Waals surface area contributed by atoms with Crippen LogP contribution in [0.4, 0.5) is 0 Å². The summed E-state index contributed by atoms with van der Waals surface area (Å²) >= 11 is 1.82. The van der Waals surface area contributed by atoms with Gasteiger partial charge in [-0.1, -0.05) is 6.92 Å². The maximum atomic E-state index is 11.2. The molecule has 0 aliphatic carbocycles. The summed E-state index contributed by atoms with van der Waals surface area (Å²) in [5.41, 5.74) is 0. The average Bonchev–Trinajstić information content (AvgIpc) is 2.16. The quantitative estimate of drug-likeness (QED) is 0.497. The highest BCUT2D eigenvalue weighted by Gasteiger charge is 2.25. The minimum absolute atomic E-state index is 0.0483. The highest BCUT2D eigenvalue weighted by Crippen LogP contribution is 2.05. The predicted octanol–water partition coefficient (Wildman–Crippen LogP) is 0.515. The summed E-state index contributed by atoms with van der Waals surface area (Å²) in [6.45, 7) is 2.73. The van der Waals surface area contributed by atoms with Gasteiger partial charge >= 0.3 is 0 Å². The van der Waals surface area contributed by atoms with Gasteiger partial charge in [-0.05, 0) is 17.9 Å². The van der Waals surface area contributed by atoms with Crippen LogP contribution in [0.2, 0.25) is 0 Å². The van der Waals surface area contributed by atoms with Gasteiger partial charge in [-0.25, -0.2) is 0 Å². The predicted molar refractivity (Wildman–Crippen MR) is 55.2 cm³/mol. The Balaban J connectivity index is 2.26. The Hall–Kier alpha value is -0.550. The van der Waals surface area contributed by atoms with Crippen molar-refractivity contribution in [1.82, 2.24) is 4.90 Å². The zero-order valence-electron chi connectivity index (χ0n) is 8.32. The Labute approximate surface area is 88.0 Å². The van der Waals surface area contributed by atoms with Crippen molar-refractivity contribution in [3.63, 3.8) is 0 Å². The van der Waals surface area contributed by atoms with Crippen molar-refractivity contribution in [2.75, 3.05) is 31.3 Å². The smallest absolute Gasteiger partial charge is 0.255 e. The molecule has 0 spiro atoms. The molecule has 2 amide bonds. The Morgan fingerprint density at radius 2 is 2.00 bits per heavy atom. The molecule has 1 rings (SSSR count). The number of rotatable bonds is 5. The number of amides is 2. The molecule has 1 saturated heterocycles. The number of nitrogens with zero attached hydrogens (tertiary/aromatic N) is 1. The summed E-state index contributed by atoms with van der Waals surface area (Å²) in [4.78, 5) is 23.8. The largest absolute Gasteiger partial charge is 0.362 e. The summed E-state index contributed by atoms with van der Waals surface area (Å²) in [7, 11) is 0. The first-order valence-corrected chi connectivity index (χ1v) is 5.90. The van der Waals surface area contributed by atoms with E-state index in [1.807, 2.05) is 11.8 Å². The molecule has 1 heterocycles. The molecule has 5 heteroatoms. The summed E-state index contributed by atoms with van der Waals surface area (Å²) in [6, 6.07) is 0. The van der Waals surface area contributed by atoms with Crippen LogP contribution in [0.3, 0.4) is 0 Å². The van der Waals surface area contributed by atoms with Crippen LogP contribution < -0.4 is 0 Å². The van der Waals surface area contributed by atoms with Crippen molar-refractivity contribution in [2.45, 2.75) is 13.3 Å². The molecular weight excluding hydrogens is 202 g/mol. The SMILES string of the molecule is CCSCCCN1C(=O)COCC1=O. The van der Waals surface area contributed by atoms with E-state index in [9.17, 15) is 9.59 Å². The van der Waals surface area contributed by atoms with Crippen LogP contribution in [0.25, 0.3) is 0 Å². The summed E-state index contributed by atoms with van der Waals surface area (Å²) in [5, 5.41) is 0.